The summed E-state index contributed by atoms with van der Waals surface area (Å²) in [5.41, 5.74) is 3.56. The number of carbonyl (C=O) groups is 5. The average Bonchev–Trinajstić information content (AvgIpc) is 3.98. The quantitative estimate of drug-likeness (QED) is 0.0572. The summed E-state index contributed by atoms with van der Waals surface area (Å²) < 4.78 is 25.7. The number of halogens is 1. The summed E-state index contributed by atoms with van der Waals surface area (Å²) >= 11 is 0. The van der Waals surface area contributed by atoms with E-state index < -0.39 is 17.1 Å². The van der Waals surface area contributed by atoms with Gasteiger partial charge in [-0.2, -0.15) is 0 Å². The minimum atomic E-state index is -1.17. The van der Waals surface area contributed by atoms with Crippen LogP contribution in [0.2, 0.25) is 0 Å². The van der Waals surface area contributed by atoms with Crippen molar-refractivity contribution in [2.24, 2.45) is 11.3 Å². The molecule has 70 heavy (non-hydrogen) atoms. The van der Waals surface area contributed by atoms with E-state index in [-0.39, 0.29) is 29.5 Å². The fourth-order valence-corrected chi connectivity index (χ4v) is 10.7. The molecular formula is C54H59FN8O7. The Balaban J connectivity index is 0.657. The van der Waals surface area contributed by atoms with Crippen LogP contribution in [0.15, 0.2) is 97.2 Å². The minimum Gasteiger partial charge on any atom is -0.495 e. The van der Waals surface area contributed by atoms with Crippen LogP contribution in [0.3, 0.4) is 0 Å². The van der Waals surface area contributed by atoms with Crippen molar-refractivity contribution in [3.63, 3.8) is 0 Å². The molecule has 0 radical (unpaired) electrons. The van der Waals surface area contributed by atoms with E-state index in [0.29, 0.717) is 85.9 Å². The lowest BCUT2D eigenvalue weighted by Crippen LogP contribution is -2.50. The number of fused-ring (bicyclic) bond motifs is 3. The van der Waals surface area contributed by atoms with Crippen molar-refractivity contribution < 1.29 is 37.8 Å². The molecule has 4 N–H and O–H groups in total. The van der Waals surface area contributed by atoms with E-state index in [4.69, 9.17) is 14.5 Å². The number of ether oxygens (including phenoxy) is 2. The summed E-state index contributed by atoms with van der Waals surface area (Å²) in [5.74, 6) is 0.636. The molecule has 5 aromatic rings. The molecule has 5 fully saturated rings. The first kappa shape index (κ1) is 46.8. The summed E-state index contributed by atoms with van der Waals surface area (Å²) in [5, 5.41) is 12.0. The van der Waals surface area contributed by atoms with Crippen LogP contribution in [0.4, 0.5) is 21.5 Å². The van der Waals surface area contributed by atoms with E-state index in [1.807, 2.05) is 36.4 Å². The molecule has 10 rings (SSSR count). The molecule has 16 heteroatoms. The molecule has 3 atom stereocenters. The number of aromatic nitrogens is 1. The van der Waals surface area contributed by atoms with Crippen LogP contribution in [0, 0.1) is 17.2 Å². The number of rotatable bonds is 17. The Morgan fingerprint density at radius 3 is 2.17 bits per heavy atom. The molecule has 4 aliphatic heterocycles. The Morgan fingerprint density at radius 1 is 0.829 bits per heavy atom. The van der Waals surface area contributed by atoms with Gasteiger partial charge in [0.15, 0.2) is 0 Å². The van der Waals surface area contributed by atoms with Gasteiger partial charge in [0.1, 0.15) is 28.5 Å². The number of methoxy groups -OCH3 is 1. The predicted octanol–water partition coefficient (Wildman–Crippen LogP) is 6.78. The fraction of sp³-hybridized carbons (Fsp3) is 0.407. The van der Waals surface area contributed by atoms with Gasteiger partial charge in [0.25, 0.3) is 0 Å². The zero-order valence-electron chi connectivity index (χ0n) is 39.4. The summed E-state index contributed by atoms with van der Waals surface area (Å²) in [4.78, 5) is 75.1. The highest BCUT2D eigenvalue weighted by Gasteiger charge is 2.56. The molecule has 4 saturated heterocycles. The number of nitrogens with zero attached hydrogens (tertiary/aromatic N) is 4. The maximum Gasteiger partial charge on any atom is 0.240 e. The maximum absolute atomic E-state index is 13.3. The van der Waals surface area contributed by atoms with Gasteiger partial charge in [0.05, 0.1) is 24.2 Å². The fourth-order valence-electron chi connectivity index (χ4n) is 10.7. The first-order chi connectivity index (χ1) is 34.0. The molecule has 5 heterocycles. The van der Waals surface area contributed by atoms with Gasteiger partial charge in [0.2, 0.25) is 29.5 Å². The summed E-state index contributed by atoms with van der Waals surface area (Å²) in [6.07, 6.45) is 7.88. The van der Waals surface area contributed by atoms with Gasteiger partial charge >= 0.3 is 0 Å². The summed E-state index contributed by atoms with van der Waals surface area (Å²) in [7, 11) is 1.69. The van der Waals surface area contributed by atoms with Gasteiger partial charge in [-0.1, -0.05) is 24.3 Å². The molecule has 1 aromatic heterocycles. The number of carbonyl (C=O) groups excluding carboxylic acids is 5. The number of hydrogen-bond acceptors (Lipinski definition) is 11. The number of piperazine rings is 1. The zero-order valence-corrected chi connectivity index (χ0v) is 39.4. The Labute approximate surface area is 406 Å². The van der Waals surface area contributed by atoms with E-state index >= 15 is 0 Å². The van der Waals surface area contributed by atoms with E-state index in [1.54, 1.807) is 37.6 Å². The lowest BCUT2D eigenvalue weighted by molar-refractivity contribution is -0.134. The molecule has 1 aliphatic carbocycles. The van der Waals surface area contributed by atoms with Gasteiger partial charge in [-0.05, 0) is 129 Å². The van der Waals surface area contributed by atoms with Crippen molar-refractivity contribution in [2.45, 2.75) is 75.8 Å². The van der Waals surface area contributed by atoms with Crippen LogP contribution in [0.1, 0.15) is 68.4 Å². The Morgan fingerprint density at radius 2 is 1.51 bits per heavy atom. The number of aryl methyl sites for hydroxylation is 1. The third-order valence-corrected chi connectivity index (χ3v) is 15.0. The number of anilines is 3. The average molecular weight is 951 g/mol. The van der Waals surface area contributed by atoms with Crippen molar-refractivity contribution in [1.82, 2.24) is 25.4 Å². The molecule has 5 aliphatic rings. The van der Waals surface area contributed by atoms with Crippen molar-refractivity contribution >= 4 is 57.5 Å². The first-order valence-electron chi connectivity index (χ1n) is 24.6. The largest absolute Gasteiger partial charge is 0.495 e. The normalized spacial score (nSPS) is 21.1. The monoisotopic (exact) mass is 950 g/mol. The maximum atomic E-state index is 13.3. The molecule has 2 bridgehead atoms. The lowest BCUT2D eigenvalue weighted by Gasteiger charge is -2.39. The van der Waals surface area contributed by atoms with Crippen LogP contribution >= 0.6 is 0 Å². The van der Waals surface area contributed by atoms with Crippen LogP contribution in [-0.2, 0) is 30.4 Å². The zero-order chi connectivity index (χ0) is 48.4. The summed E-state index contributed by atoms with van der Waals surface area (Å²) in [6.45, 7) is 6.57. The van der Waals surface area contributed by atoms with Gasteiger partial charge in [0, 0.05) is 93.7 Å². The second kappa shape index (κ2) is 20.2. The topological polar surface area (TPSA) is 175 Å². The van der Waals surface area contributed by atoms with E-state index in [2.05, 4.69) is 42.0 Å². The predicted molar refractivity (Wildman–Crippen MR) is 263 cm³/mol. The first-order valence-corrected chi connectivity index (χ1v) is 24.6. The molecular weight excluding hydrogens is 892 g/mol. The van der Waals surface area contributed by atoms with E-state index in [9.17, 15) is 28.4 Å². The lowest BCUT2D eigenvalue weighted by atomic mass is 9.90. The molecule has 1 saturated carbocycles. The number of amides is 5. The molecule has 4 aromatic carbocycles. The highest BCUT2D eigenvalue weighted by atomic mass is 19.1. The Hall–Kier alpha value is -6.91. The minimum absolute atomic E-state index is 0.0476. The number of benzene rings is 4. The van der Waals surface area contributed by atoms with Crippen LogP contribution in [0.25, 0.3) is 10.9 Å². The van der Waals surface area contributed by atoms with Gasteiger partial charge in [-0.3, -0.25) is 44.1 Å². The SMILES string of the molecule is COc1cc2c(Oc3ccc(NC(=O)C4(C(=O)Nc5ccc(F)cc5)CC4)cc3)ccnc2cc1N1CCC(CN2C[C@@H]3C[C@H]2CN3CCNC(=O)CCc2ccc(C3CCC(=O)NC3=O)cc2)CC1. The second-order valence-electron chi connectivity index (χ2n) is 19.5. The number of piperidine rings is 2. The van der Waals surface area contributed by atoms with Gasteiger partial charge in [-0.25, -0.2) is 4.39 Å². The van der Waals surface area contributed by atoms with Crippen molar-refractivity contribution in [3.05, 3.63) is 114 Å². The Bertz CT molecular complexity index is 2760. The summed E-state index contributed by atoms with van der Waals surface area (Å²) in [6, 6.07) is 27.3. The number of pyridine rings is 1. The third kappa shape index (κ3) is 10.3. The van der Waals surface area contributed by atoms with Crippen molar-refractivity contribution in [3.8, 4) is 17.2 Å². The highest BCUT2D eigenvalue weighted by Crippen LogP contribution is 2.48. The number of likely N-dealkylation sites (tertiary alicyclic amines) is 2. The van der Waals surface area contributed by atoms with Crippen LogP contribution in [0.5, 0.6) is 17.2 Å². The third-order valence-electron chi connectivity index (χ3n) is 15.0. The second-order valence-corrected chi connectivity index (χ2v) is 19.5. The van der Waals surface area contributed by atoms with Crippen molar-refractivity contribution in [1.29, 1.82) is 0 Å². The molecule has 1 unspecified atom stereocenters. The van der Waals surface area contributed by atoms with Gasteiger partial charge < -0.3 is 30.3 Å². The number of nitrogens with one attached hydrogen (secondary N) is 4. The van der Waals surface area contributed by atoms with Crippen LogP contribution in [-0.4, -0.2) is 109 Å². The number of hydrogen-bond donors (Lipinski definition) is 4. The molecule has 15 nitrogen and oxygen atoms in total. The number of imide groups is 1. The standard InChI is InChI=1S/C54H59FN8O7/c1-69-48-29-44-45(56-23-18-47(44)70-42-13-11-39(12-14-42)59-53(68)54(21-22-54)52(67)58-38-9-7-37(55)8-10-38)30-46(48)61-25-19-35(20-26-61)31-63-33-40-28-41(63)32-62(40)27-24-57-49(64)16-4-34-2-5-36(6-3-34)43-15-17-50(65)60-51(43)66/h2-3,5-14,18,23,29-30,35,40-41,43H,4,15-17,19-22,24-28,31-33H2,1H3,(H,57,64)(H,58,67)(H,59,68)(H,60,65,66)/t40-,41-,43?/m0/s1. The molecule has 364 valence electrons. The van der Waals surface area contributed by atoms with Crippen LogP contribution < -0.4 is 35.6 Å². The molecule has 5 amide bonds. The van der Waals surface area contributed by atoms with Crippen molar-refractivity contribution in [2.75, 3.05) is 68.5 Å². The highest BCUT2D eigenvalue weighted by molar-refractivity contribution is 6.17. The molecule has 0 spiro atoms. The van der Waals surface area contributed by atoms with E-state index in [1.165, 1.54) is 30.7 Å². The van der Waals surface area contributed by atoms with E-state index in [0.717, 1.165) is 85.6 Å². The Kier molecular flexibility index (Phi) is 13.5. The smallest absolute Gasteiger partial charge is 0.240 e. The van der Waals surface area contributed by atoms with Gasteiger partial charge in [-0.15, -0.1) is 0 Å².